The van der Waals surface area contributed by atoms with Crippen molar-refractivity contribution in [1.82, 2.24) is 4.90 Å². The molecule has 0 aromatic heterocycles. The molecule has 0 bridgehead atoms. The zero-order chi connectivity index (χ0) is 19.4. The van der Waals surface area contributed by atoms with Gasteiger partial charge in [0, 0.05) is 30.6 Å². The molecule has 0 fully saturated rings. The molecule has 0 saturated heterocycles. The average molecular weight is 396 g/mol. The number of hydrogen-bond acceptors (Lipinski definition) is 3. The van der Waals surface area contributed by atoms with E-state index in [1.54, 1.807) is 32.3 Å². The maximum absolute atomic E-state index is 11.6. The van der Waals surface area contributed by atoms with Crippen LogP contribution in [0.15, 0.2) is 30.3 Å². The van der Waals surface area contributed by atoms with E-state index in [1.807, 2.05) is 26.0 Å². The molecule has 4 nitrogen and oxygen atoms in total. The van der Waals surface area contributed by atoms with E-state index in [-0.39, 0.29) is 24.2 Å². The fraction of sp³-hybridized carbons (Fsp3) is 0.350. The van der Waals surface area contributed by atoms with Crippen molar-refractivity contribution < 1.29 is 14.6 Å². The van der Waals surface area contributed by atoms with Crippen LogP contribution in [0.1, 0.15) is 36.5 Å². The lowest BCUT2D eigenvalue weighted by atomic mass is 9.96. The van der Waals surface area contributed by atoms with Crippen LogP contribution in [0.5, 0.6) is 11.5 Å². The van der Waals surface area contributed by atoms with Gasteiger partial charge in [0.15, 0.2) is 6.61 Å². The number of ether oxygens (including phenoxy) is 1. The van der Waals surface area contributed by atoms with Crippen LogP contribution >= 0.6 is 23.2 Å². The summed E-state index contributed by atoms with van der Waals surface area (Å²) in [6, 6.07) is 8.84. The van der Waals surface area contributed by atoms with E-state index in [2.05, 4.69) is 0 Å². The first kappa shape index (κ1) is 20.4. The molecule has 0 radical (unpaired) electrons. The highest BCUT2D eigenvalue weighted by atomic mass is 35.5. The molecule has 0 unspecified atom stereocenters. The second-order valence-electron chi connectivity index (χ2n) is 6.67. The number of likely N-dealkylation sites (N-methyl/N-ethyl adjacent to an activating group) is 1. The van der Waals surface area contributed by atoms with Crippen molar-refractivity contribution >= 4 is 29.1 Å². The summed E-state index contributed by atoms with van der Waals surface area (Å²) in [6.07, 6.45) is 0.536. The molecule has 6 heteroatoms. The Morgan fingerprint density at radius 3 is 2.31 bits per heavy atom. The van der Waals surface area contributed by atoms with Gasteiger partial charge in [-0.2, -0.15) is 0 Å². The minimum Gasteiger partial charge on any atom is -0.508 e. The number of amides is 1. The Morgan fingerprint density at radius 2 is 1.77 bits per heavy atom. The van der Waals surface area contributed by atoms with Crippen LogP contribution in [0.3, 0.4) is 0 Å². The summed E-state index contributed by atoms with van der Waals surface area (Å²) in [4.78, 5) is 13.1. The van der Waals surface area contributed by atoms with Gasteiger partial charge < -0.3 is 14.7 Å². The van der Waals surface area contributed by atoms with E-state index in [9.17, 15) is 9.90 Å². The third-order valence-corrected chi connectivity index (χ3v) is 4.74. The minimum atomic E-state index is -0.147. The second-order valence-corrected chi connectivity index (χ2v) is 7.48. The van der Waals surface area contributed by atoms with Gasteiger partial charge in [-0.05, 0) is 40.8 Å². The monoisotopic (exact) mass is 395 g/mol. The van der Waals surface area contributed by atoms with Crippen molar-refractivity contribution in [1.29, 1.82) is 0 Å². The van der Waals surface area contributed by atoms with Gasteiger partial charge in [0.25, 0.3) is 5.91 Å². The predicted molar refractivity (Wildman–Crippen MR) is 106 cm³/mol. The number of benzene rings is 2. The number of halogens is 2. The minimum absolute atomic E-state index is 0.0747. The summed E-state index contributed by atoms with van der Waals surface area (Å²) in [5.74, 6) is 0.806. The summed E-state index contributed by atoms with van der Waals surface area (Å²) in [6.45, 7) is 3.98. The third-order valence-electron chi connectivity index (χ3n) is 4.07. The zero-order valence-corrected chi connectivity index (χ0v) is 16.9. The number of carbonyl (C=O) groups is 1. The number of rotatable bonds is 6. The molecule has 0 saturated carbocycles. The van der Waals surface area contributed by atoms with Gasteiger partial charge in [-0.25, -0.2) is 0 Å². The van der Waals surface area contributed by atoms with Gasteiger partial charge in [0.05, 0.1) is 0 Å². The summed E-state index contributed by atoms with van der Waals surface area (Å²) in [5, 5.41) is 10.9. The maximum Gasteiger partial charge on any atom is 0.259 e. The molecule has 0 atom stereocenters. The molecule has 0 aliphatic rings. The molecular formula is C20H23Cl2NO3. The van der Waals surface area contributed by atoms with Gasteiger partial charge in [-0.3, -0.25) is 4.79 Å². The van der Waals surface area contributed by atoms with Crippen molar-refractivity contribution in [3.8, 4) is 11.5 Å². The lowest BCUT2D eigenvalue weighted by molar-refractivity contribution is -0.130. The molecule has 2 rings (SSSR count). The Morgan fingerprint density at radius 1 is 1.15 bits per heavy atom. The number of aromatic hydroxyl groups is 1. The SMILES string of the molecule is CC(C)c1cc(Cc2c(Cl)cc(OCC(=O)N(C)C)cc2Cl)ccc1O. The largest absolute Gasteiger partial charge is 0.508 e. The molecular weight excluding hydrogens is 373 g/mol. The maximum atomic E-state index is 11.6. The molecule has 2 aromatic carbocycles. The van der Waals surface area contributed by atoms with Gasteiger partial charge in [0.1, 0.15) is 11.5 Å². The number of phenols is 1. The lowest BCUT2D eigenvalue weighted by Gasteiger charge is -2.14. The van der Waals surface area contributed by atoms with Crippen molar-refractivity contribution in [3.63, 3.8) is 0 Å². The van der Waals surface area contributed by atoms with Gasteiger partial charge in [-0.15, -0.1) is 0 Å². The Labute approximate surface area is 164 Å². The number of phenolic OH excluding ortho intramolecular Hbond substituents is 1. The molecule has 1 amide bonds. The number of hydrogen-bond donors (Lipinski definition) is 1. The van der Waals surface area contributed by atoms with E-state index in [1.165, 1.54) is 4.90 Å². The molecule has 0 spiro atoms. The van der Waals surface area contributed by atoms with Crippen LogP contribution in [-0.4, -0.2) is 36.6 Å². The van der Waals surface area contributed by atoms with Crippen LogP contribution < -0.4 is 4.74 Å². The van der Waals surface area contributed by atoms with E-state index in [4.69, 9.17) is 27.9 Å². The van der Waals surface area contributed by atoms with E-state index in [0.29, 0.717) is 22.2 Å². The van der Waals surface area contributed by atoms with Crippen LogP contribution in [0.4, 0.5) is 0 Å². The molecule has 26 heavy (non-hydrogen) atoms. The van der Waals surface area contributed by atoms with E-state index >= 15 is 0 Å². The van der Waals surface area contributed by atoms with Crippen molar-refractivity contribution in [2.45, 2.75) is 26.2 Å². The predicted octanol–water partition coefficient (Wildman–Crippen LogP) is 4.88. The fourth-order valence-electron chi connectivity index (χ4n) is 2.49. The smallest absolute Gasteiger partial charge is 0.259 e. The van der Waals surface area contributed by atoms with Crippen molar-refractivity contribution in [2.75, 3.05) is 20.7 Å². The topological polar surface area (TPSA) is 49.8 Å². The first-order valence-corrected chi connectivity index (χ1v) is 9.07. The zero-order valence-electron chi connectivity index (χ0n) is 15.3. The Balaban J connectivity index is 2.21. The fourth-order valence-corrected chi connectivity index (χ4v) is 3.09. The third kappa shape index (κ3) is 5.05. The highest BCUT2D eigenvalue weighted by molar-refractivity contribution is 6.36. The van der Waals surface area contributed by atoms with Gasteiger partial charge in [-0.1, -0.05) is 49.2 Å². The molecule has 2 aromatic rings. The highest BCUT2D eigenvalue weighted by Crippen LogP contribution is 2.33. The van der Waals surface area contributed by atoms with E-state index in [0.717, 1.165) is 16.7 Å². The van der Waals surface area contributed by atoms with Crippen molar-refractivity contribution in [3.05, 3.63) is 57.1 Å². The van der Waals surface area contributed by atoms with Crippen LogP contribution in [0.2, 0.25) is 10.0 Å². The Kier molecular flexibility index (Phi) is 6.79. The summed E-state index contributed by atoms with van der Waals surface area (Å²) >= 11 is 12.8. The molecule has 140 valence electrons. The summed E-state index contributed by atoms with van der Waals surface area (Å²) in [5.41, 5.74) is 2.67. The van der Waals surface area contributed by atoms with E-state index < -0.39 is 0 Å². The molecule has 1 N–H and O–H groups in total. The number of carbonyl (C=O) groups excluding carboxylic acids is 1. The Bertz CT molecular complexity index is 781. The molecule has 0 heterocycles. The standard InChI is InChI=1S/C20H23Cl2NO3/c1-12(2)15-7-13(5-6-19(15)24)8-16-17(21)9-14(10-18(16)22)26-11-20(25)23(3)4/h5-7,9-10,12,24H,8,11H2,1-4H3. The van der Waals surface area contributed by atoms with Crippen LogP contribution in [0, 0.1) is 0 Å². The molecule has 0 aliphatic heterocycles. The average Bonchev–Trinajstić information content (AvgIpc) is 2.56. The summed E-state index contributed by atoms with van der Waals surface area (Å²) < 4.78 is 5.47. The normalized spacial score (nSPS) is 10.9. The quantitative estimate of drug-likeness (QED) is 0.757. The van der Waals surface area contributed by atoms with Gasteiger partial charge in [0.2, 0.25) is 0 Å². The van der Waals surface area contributed by atoms with Crippen molar-refractivity contribution in [2.24, 2.45) is 0 Å². The number of nitrogens with zero attached hydrogens (tertiary/aromatic N) is 1. The van der Waals surface area contributed by atoms with Crippen LogP contribution in [-0.2, 0) is 11.2 Å². The first-order valence-electron chi connectivity index (χ1n) is 8.31. The lowest BCUT2D eigenvalue weighted by Crippen LogP contribution is -2.27. The second kappa shape index (κ2) is 8.65. The summed E-state index contributed by atoms with van der Waals surface area (Å²) in [7, 11) is 3.33. The molecule has 0 aliphatic carbocycles. The van der Waals surface area contributed by atoms with Crippen LogP contribution in [0.25, 0.3) is 0 Å². The first-order chi connectivity index (χ1) is 12.2. The highest BCUT2D eigenvalue weighted by Gasteiger charge is 2.13. The Hall–Kier alpha value is -1.91. The van der Waals surface area contributed by atoms with Gasteiger partial charge >= 0.3 is 0 Å².